The van der Waals surface area contributed by atoms with Crippen LogP contribution in [0.5, 0.6) is 0 Å². The molecule has 4 rings (SSSR count). The molecule has 5 heteroatoms. The standard InChI is InChI=1S/C20H21Cl2N2O/c21-17-11-10-15(13-18(17)22)20(25)14-23(16-7-3-1-4-8-16)19-9-5-2-6-12-24(19)20/h1,3-4,7-8,10-11,13,25H,2,5-6,9,12,14H2/q+1/t20-/m1/s1. The van der Waals surface area contributed by atoms with Gasteiger partial charge < -0.3 is 5.11 Å². The molecule has 0 spiro atoms. The van der Waals surface area contributed by atoms with Gasteiger partial charge in [-0.2, -0.15) is 0 Å². The second kappa shape index (κ2) is 6.64. The monoisotopic (exact) mass is 375 g/mol. The first-order chi connectivity index (χ1) is 12.1. The summed E-state index contributed by atoms with van der Waals surface area (Å²) in [5, 5.41) is 12.7. The lowest BCUT2D eigenvalue weighted by atomic mass is 10.0. The maximum Gasteiger partial charge on any atom is 0.271 e. The highest BCUT2D eigenvalue weighted by molar-refractivity contribution is 6.42. The number of hydrogen-bond acceptors (Lipinski definition) is 2. The number of halogens is 2. The van der Waals surface area contributed by atoms with Gasteiger partial charge in [-0.25, -0.2) is 9.48 Å². The van der Waals surface area contributed by atoms with Crippen LogP contribution in [0.3, 0.4) is 0 Å². The molecule has 130 valence electrons. The van der Waals surface area contributed by atoms with Gasteiger partial charge in [0, 0.05) is 12.0 Å². The molecule has 0 saturated carbocycles. The molecule has 2 aromatic carbocycles. The smallest absolute Gasteiger partial charge is 0.271 e. The minimum atomic E-state index is -1.09. The van der Waals surface area contributed by atoms with Gasteiger partial charge in [0.05, 0.1) is 16.6 Å². The topological polar surface area (TPSA) is 26.5 Å². The summed E-state index contributed by atoms with van der Waals surface area (Å²) in [7, 11) is 0. The van der Waals surface area contributed by atoms with Gasteiger partial charge in [-0.3, -0.25) is 0 Å². The van der Waals surface area contributed by atoms with Crippen molar-refractivity contribution >= 4 is 34.7 Å². The average Bonchev–Trinajstić information content (AvgIpc) is 2.78. The second-order valence-corrected chi connectivity index (χ2v) is 7.56. The van der Waals surface area contributed by atoms with E-state index in [1.807, 2.05) is 24.3 Å². The average molecular weight is 376 g/mol. The highest BCUT2D eigenvalue weighted by atomic mass is 35.5. The highest BCUT2D eigenvalue weighted by Crippen LogP contribution is 2.37. The van der Waals surface area contributed by atoms with Crippen molar-refractivity contribution in [1.29, 1.82) is 0 Å². The van der Waals surface area contributed by atoms with Crippen molar-refractivity contribution < 1.29 is 9.68 Å². The van der Waals surface area contributed by atoms with Crippen molar-refractivity contribution in [3.05, 3.63) is 64.1 Å². The maximum absolute atomic E-state index is 11.7. The zero-order valence-electron chi connectivity index (χ0n) is 14.0. The van der Waals surface area contributed by atoms with Crippen LogP contribution < -0.4 is 4.90 Å². The Bertz CT molecular complexity index is 822. The Labute approximate surface area is 158 Å². The van der Waals surface area contributed by atoms with Crippen LogP contribution >= 0.6 is 23.2 Å². The van der Waals surface area contributed by atoms with E-state index in [0.717, 1.165) is 37.1 Å². The second-order valence-electron chi connectivity index (χ2n) is 6.75. The number of β-amino-alcohol motifs (C(OH)–C–C–N with tert-alkyl or cyclic N) is 1. The summed E-state index contributed by atoms with van der Waals surface area (Å²) in [5.41, 5.74) is 0.809. The quantitative estimate of drug-likeness (QED) is 0.773. The van der Waals surface area contributed by atoms with Crippen molar-refractivity contribution in [1.82, 2.24) is 0 Å². The zero-order valence-corrected chi connectivity index (χ0v) is 15.5. The van der Waals surface area contributed by atoms with E-state index in [1.165, 1.54) is 12.3 Å². The summed E-state index contributed by atoms with van der Waals surface area (Å²) < 4.78 is 2.16. The van der Waals surface area contributed by atoms with E-state index >= 15 is 0 Å². The van der Waals surface area contributed by atoms with Gasteiger partial charge in [-0.05, 0) is 43.5 Å². The van der Waals surface area contributed by atoms with Gasteiger partial charge in [0.15, 0.2) is 6.54 Å². The van der Waals surface area contributed by atoms with Crippen LogP contribution in [0.1, 0.15) is 31.2 Å². The lowest BCUT2D eigenvalue weighted by Gasteiger charge is -2.24. The number of amidine groups is 1. The van der Waals surface area contributed by atoms with E-state index in [1.54, 1.807) is 12.1 Å². The predicted octanol–water partition coefficient (Wildman–Crippen LogP) is 4.64. The largest absolute Gasteiger partial charge is 0.346 e. The fourth-order valence-corrected chi connectivity index (χ4v) is 4.21. The molecular weight excluding hydrogens is 355 g/mol. The molecule has 0 radical (unpaired) electrons. The van der Waals surface area contributed by atoms with Crippen LogP contribution in [0.4, 0.5) is 5.69 Å². The lowest BCUT2D eigenvalue weighted by Crippen LogP contribution is -2.41. The van der Waals surface area contributed by atoms with E-state index in [0.29, 0.717) is 16.6 Å². The van der Waals surface area contributed by atoms with Crippen LogP contribution in [0.2, 0.25) is 10.0 Å². The van der Waals surface area contributed by atoms with E-state index in [4.69, 9.17) is 23.2 Å². The van der Waals surface area contributed by atoms with Crippen LogP contribution in [0, 0.1) is 0 Å². The van der Waals surface area contributed by atoms with Crippen LogP contribution in [0.15, 0.2) is 48.5 Å². The molecule has 25 heavy (non-hydrogen) atoms. The molecule has 2 aliphatic rings. The van der Waals surface area contributed by atoms with E-state index in [2.05, 4.69) is 21.6 Å². The van der Waals surface area contributed by atoms with Gasteiger partial charge in [0.25, 0.3) is 11.6 Å². The summed E-state index contributed by atoms with van der Waals surface area (Å²) in [6.45, 7) is 1.33. The molecule has 0 saturated heterocycles. The van der Waals surface area contributed by atoms with Crippen molar-refractivity contribution in [2.24, 2.45) is 0 Å². The first-order valence-electron chi connectivity index (χ1n) is 8.73. The van der Waals surface area contributed by atoms with Crippen molar-refractivity contribution in [2.75, 3.05) is 18.0 Å². The fourth-order valence-electron chi connectivity index (χ4n) is 3.91. The Hall–Kier alpha value is -1.55. The molecule has 3 nitrogen and oxygen atoms in total. The molecular formula is C20H21Cl2N2O+. The summed E-state index contributed by atoms with van der Waals surface area (Å²) in [4.78, 5) is 2.24. The molecule has 2 heterocycles. The van der Waals surface area contributed by atoms with Crippen molar-refractivity contribution in [3.8, 4) is 0 Å². The van der Waals surface area contributed by atoms with E-state index < -0.39 is 5.72 Å². The number of aliphatic hydroxyl groups is 1. The van der Waals surface area contributed by atoms with Crippen LogP contribution in [0.25, 0.3) is 0 Å². The third-order valence-electron chi connectivity index (χ3n) is 5.18. The molecule has 0 aliphatic carbocycles. The summed E-state index contributed by atoms with van der Waals surface area (Å²) in [6.07, 6.45) is 4.38. The van der Waals surface area contributed by atoms with Crippen molar-refractivity contribution in [3.63, 3.8) is 0 Å². The van der Waals surface area contributed by atoms with E-state index in [9.17, 15) is 5.11 Å². The number of nitrogens with zero attached hydrogens (tertiary/aromatic N) is 2. The number of benzene rings is 2. The van der Waals surface area contributed by atoms with Gasteiger partial charge in [0.1, 0.15) is 5.69 Å². The number of rotatable bonds is 2. The molecule has 2 aromatic rings. The third-order valence-corrected chi connectivity index (χ3v) is 5.92. The first kappa shape index (κ1) is 16.9. The van der Waals surface area contributed by atoms with Crippen LogP contribution in [-0.4, -0.2) is 28.6 Å². The molecule has 0 fully saturated rings. The Kier molecular flexibility index (Phi) is 4.48. The minimum Gasteiger partial charge on any atom is -0.346 e. The van der Waals surface area contributed by atoms with Gasteiger partial charge in [0.2, 0.25) is 0 Å². The number of hydrogen-bond donors (Lipinski definition) is 1. The lowest BCUT2D eigenvalue weighted by molar-refractivity contribution is -0.658. The summed E-state index contributed by atoms with van der Waals surface area (Å²) >= 11 is 12.3. The summed E-state index contributed by atoms with van der Waals surface area (Å²) in [5.74, 6) is 1.19. The molecule has 0 aromatic heterocycles. The molecule has 0 unspecified atom stereocenters. The van der Waals surface area contributed by atoms with Gasteiger partial charge >= 0.3 is 0 Å². The van der Waals surface area contributed by atoms with Gasteiger partial charge in [-0.1, -0.05) is 47.5 Å². The number of para-hydroxylation sites is 1. The van der Waals surface area contributed by atoms with E-state index in [-0.39, 0.29) is 0 Å². The molecule has 0 bridgehead atoms. The zero-order chi connectivity index (χ0) is 17.4. The Morgan fingerprint density at radius 2 is 1.76 bits per heavy atom. The predicted molar refractivity (Wildman–Crippen MR) is 103 cm³/mol. The highest BCUT2D eigenvalue weighted by Gasteiger charge is 2.52. The molecule has 0 amide bonds. The molecule has 1 atom stereocenters. The minimum absolute atomic E-state index is 0.474. The summed E-state index contributed by atoms with van der Waals surface area (Å²) in [6, 6.07) is 15.7. The number of anilines is 1. The first-order valence-corrected chi connectivity index (χ1v) is 9.49. The maximum atomic E-state index is 11.7. The normalized spacial score (nSPS) is 23.6. The Morgan fingerprint density at radius 3 is 2.52 bits per heavy atom. The third kappa shape index (κ3) is 2.95. The Morgan fingerprint density at radius 1 is 0.960 bits per heavy atom. The van der Waals surface area contributed by atoms with Crippen LogP contribution in [-0.2, 0) is 5.72 Å². The Balaban J connectivity index is 1.82. The molecule has 1 N–H and O–H groups in total. The van der Waals surface area contributed by atoms with Gasteiger partial charge in [-0.15, -0.1) is 0 Å². The van der Waals surface area contributed by atoms with Crippen molar-refractivity contribution in [2.45, 2.75) is 31.4 Å². The SMILES string of the molecule is O[C@@]1(c2ccc(Cl)c(Cl)c2)CN(c2ccccc2)C2=[N+]1CCCCC2. The molecule has 2 aliphatic heterocycles. The fraction of sp³-hybridized carbons (Fsp3) is 0.350.